The maximum absolute atomic E-state index is 5.75. The molecular formula is C13H15NS. The van der Waals surface area contributed by atoms with Gasteiger partial charge in [0.05, 0.1) is 5.00 Å². The molecule has 0 aliphatic rings. The Morgan fingerprint density at radius 1 is 0.933 bits per heavy atom. The molecule has 0 unspecified atom stereocenters. The maximum Gasteiger partial charge on any atom is 0.0862 e. The minimum absolute atomic E-state index is 0.877. The molecule has 2 rings (SSSR count). The van der Waals surface area contributed by atoms with Gasteiger partial charge in [0.1, 0.15) is 0 Å². The Hall–Kier alpha value is -1.28. The SMILES string of the molecule is Cc1cc(C)c(-c2csc(N)c2)cc1C. The lowest BCUT2D eigenvalue weighted by atomic mass is 9.97. The van der Waals surface area contributed by atoms with E-state index in [9.17, 15) is 0 Å². The van der Waals surface area contributed by atoms with E-state index in [0.29, 0.717) is 0 Å². The Balaban J connectivity index is 2.58. The molecule has 0 fully saturated rings. The van der Waals surface area contributed by atoms with Crippen LogP contribution in [-0.4, -0.2) is 0 Å². The summed E-state index contributed by atoms with van der Waals surface area (Å²) in [5.41, 5.74) is 12.3. The zero-order valence-electron chi connectivity index (χ0n) is 9.29. The number of hydrogen-bond donors (Lipinski definition) is 1. The normalized spacial score (nSPS) is 10.6. The highest BCUT2D eigenvalue weighted by molar-refractivity contribution is 7.14. The van der Waals surface area contributed by atoms with Crippen LogP contribution in [0.4, 0.5) is 5.00 Å². The van der Waals surface area contributed by atoms with Gasteiger partial charge in [-0.2, -0.15) is 0 Å². The summed E-state index contributed by atoms with van der Waals surface area (Å²) in [6.45, 7) is 6.44. The first-order chi connectivity index (χ1) is 7.08. The van der Waals surface area contributed by atoms with Crippen molar-refractivity contribution in [2.45, 2.75) is 20.8 Å². The van der Waals surface area contributed by atoms with E-state index in [4.69, 9.17) is 5.73 Å². The van der Waals surface area contributed by atoms with Crippen molar-refractivity contribution in [1.82, 2.24) is 0 Å². The summed E-state index contributed by atoms with van der Waals surface area (Å²) in [5, 5.41) is 2.99. The van der Waals surface area contributed by atoms with Crippen LogP contribution in [0.25, 0.3) is 11.1 Å². The van der Waals surface area contributed by atoms with Crippen LogP contribution >= 0.6 is 11.3 Å². The van der Waals surface area contributed by atoms with Gasteiger partial charge < -0.3 is 5.73 Å². The minimum atomic E-state index is 0.877. The van der Waals surface area contributed by atoms with Crippen LogP contribution in [0.15, 0.2) is 23.6 Å². The Morgan fingerprint density at radius 2 is 1.60 bits per heavy atom. The molecule has 0 bridgehead atoms. The summed E-state index contributed by atoms with van der Waals surface area (Å²) in [6.07, 6.45) is 0. The number of rotatable bonds is 1. The van der Waals surface area contributed by atoms with E-state index < -0.39 is 0 Å². The van der Waals surface area contributed by atoms with Gasteiger partial charge in [-0.1, -0.05) is 12.1 Å². The van der Waals surface area contributed by atoms with Crippen LogP contribution in [0, 0.1) is 20.8 Å². The maximum atomic E-state index is 5.75. The summed E-state index contributed by atoms with van der Waals surface area (Å²) in [4.78, 5) is 0. The monoisotopic (exact) mass is 217 g/mol. The van der Waals surface area contributed by atoms with E-state index in [-0.39, 0.29) is 0 Å². The molecule has 1 aromatic heterocycles. The van der Waals surface area contributed by atoms with Crippen LogP contribution < -0.4 is 5.73 Å². The van der Waals surface area contributed by atoms with Gasteiger partial charge in [0, 0.05) is 5.38 Å². The number of anilines is 1. The fourth-order valence-electron chi connectivity index (χ4n) is 1.77. The van der Waals surface area contributed by atoms with Crippen molar-refractivity contribution < 1.29 is 0 Å². The lowest BCUT2D eigenvalue weighted by molar-refractivity contribution is 1.30. The number of benzene rings is 1. The van der Waals surface area contributed by atoms with Crippen molar-refractivity contribution in [1.29, 1.82) is 0 Å². The molecular weight excluding hydrogens is 202 g/mol. The van der Waals surface area contributed by atoms with Gasteiger partial charge in [0.15, 0.2) is 0 Å². The first kappa shape index (κ1) is 10.2. The molecule has 0 atom stereocenters. The van der Waals surface area contributed by atoms with Crippen molar-refractivity contribution in [2.75, 3.05) is 5.73 Å². The predicted octanol–water partition coefficient (Wildman–Crippen LogP) is 3.92. The molecule has 1 nitrogen and oxygen atoms in total. The lowest BCUT2D eigenvalue weighted by Crippen LogP contribution is -1.87. The van der Waals surface area contributed by atoms with Gasteiger partial charge >= 0.3 is 0 Å². The van der Waals surface area contributed by atoms with E-state index in [1.807, 2.05) is 6.07 Å². The smallest absolute Gasteiger partial charge is 0.0862 e. The zero-order valence-corrected chi connectivity index (χ0v) is 10.1. The molecule has 2 N–H and O–H groups in total. The third-order valence-corrected chi connectivity index (χ3v) is 3.53. The molecule has 15 heavy (non-hydrogen) atoms. The van der Waals surface area contributed by atoms with E-state index in [1.165, 1.54) is 27.8 Å². The van der Waals surface area contributed by atoms with E-state index in [1.54, 1.807) is 11.3 Å². The predicted molar refractivity (Wildman–Crippen MR) is 68.4 cm³/mol. The molecule has 0 aliphatic heterocycles. The molecule has 1 aromatic carbocycles. The summed E-state index contributed by atoms with van der Waals surface area (Å²) in [5.74, 6) is 0. The van der Waals surface area contributed by atoms with Crippen LogP contribution in [0.2, 0.25) is 0 Å². The summed E-state index contributed by atoms with van der Waals surface area (Å²) < 4.78 is 0. The Morgan fingerprint density at radius 3 is 2.20 bits per heavy atom. The molecule has 2 heteroatoms. The molecule has 0 spiro atoms. The van der Waals surface area contributed by atoms with Crippen LogP contribution in [0.1, 0.15) is 16.7 Å². The molecule has 2 aromatic rings. The number of nitrogen functional groups attached to an aromatic ring is 1. The van der Waals surface area contributed by atoms with Gasteiger partial charge in [0.2, 0.25) is 0 Å². The zero-order chi connectivity index (χ0) is 11.0. The van der Waals surface area contributed by atoms with Crippen molar-refractivity contribution in [3.8, 4) is 11.1 Å². The van der Waals surface area contributed by atoms with Crippen LogP contribution in [0.3, 0.4) is 0 Å². The van der Waals surface area contributed by atoms with Crippen molar-refractivity contribution >= 4 is 16.3 Å². The van der Waals surface area contributed by atoms with E-state index in [2.05, 4.69) is 38.3 Å². The second-order valence-electron chi connectivity index (χ2n) is 3.99. The number of aryl methyl sites for hydroxylation is 3. The first-order valence-electron chi connectivity index (χ1n) is 5.00. The standard InChI is InChI=1S/C13H15NS/c1-8-4-10(3)12(5-9(8)2)11-6-13(14)15-7-11/h4-7H,14H2,1-3H3. The van der Waals surface area contributed by atoms with Crippen molar-refractivity contribution in [2.24, 2.45) is 0 Å². The van der Waals surface area contributed by atoms with Gasteiger partial charge in [-0.05, 0) is 54.7 Å². The van der Waals surface area contributed by atoms with Crippen molar-refractivity contribution in [3.05, 3.63) is 40.3 Å². The van der Waals surface area contributed by atoms with Crippen LogP contribution in [-0.2, 0) is 0 Å². The fraction of sp³-hybridized carbons (Fsp3) is 0.231. The minimum Gasteiger partial charge on any atom is -0.391 e. The number of hydrogen-bond acceptors (Lipinski definition) is 2. The second-order valence-corrected chi connectivity index (χ2v) is 4.93. The molecule has 0 saturated heterocycles. The lowest BCUT2D eigenvalue weighted by Gasteiger charge is -2.08. The molecule has 0 aliphatic carbocycles. The average molecular weight is 217 g/mol. The van der Waals surface area contributed by atoms with Gasteiger partial charge in [-0.25, -0.2) is 0 Å². The summed E-state index contributed by atoms with van der Waals surface area (Å²) >= 11 is 1.60. The largest absolute Gasteiger partial charge is 0.391 e. The van der Waals surface area contributed by atoms with Crippen molar-refractivity contribution in [3.63, 3.8) is 0 Å². The van der Waals surface area contributed by atoms with Gasteiger partial charge in [-0.3, -0.25) is 0 Å². The van der Waals surface area contributed by atoms with Crippen LogP contribution in [0.5, 0.6) is 0 Å². The third-order valence-electron chi connectivity index (χ3n) is 2.77. The number of thiophene rings is 1. The first-order valence-corrected chi connectivity index (χ1v) is 5.88. The summed E-state index contributed by atoms with van der Waals surface area (Å²) in [6, 6.07) is 6.52. The number of nitrogens with two attached hydrogens (primary N) is 1. The molecule has 78 valence electrons. The average Bonchev–Trinajstić information content (AvgIpc) is 2.58. The van der Waals surface area contributed by atoms with E-state index in [0.717, 1.165) is 5.00 Å². The summed E-state index contributed by atoms with van der Waals surface area (Å²) in [7, 11) is 0. The third kappa shape index (κ3) is 1.90. The van der Waals surface area contributed by atoms with E-state index >= 15 is 0 Å². The Labute approximate surface area is 94.6 Å². The second kappa shape index (κ2) is 3.70. The fourth-order valence-corrected chi connectivity index (χ4v) is 2.42. The molecule has 0 amide bonds. The highest BCUT2D eigenvalue weighted by Crippen LogP contribution is 2.31. The Kier molecular flexibility index (Phi) is 2.53. The van der Waals surface area contributed by atoms with Gasteiger partial charge in [-0.15, -0.1) is 11.3 Å². The Bertz CT molecular complexity index is 497. The highest BCUT2D eigenvalue weighted by Gasteiger charge is 2.05. The highest BCUT2D eigenvalue weighted by atomic mass is 32.1. The quantitative estimate of drug-likeness (QED) is 0.769. The van der Waals surface area contributed by atoms with Gasteiger partial charge in [0.25, 0.3) is 0 Å². The molecule has 1 heterocycles. The topological polar surface area (TPSA) is 26.0 Å². The molecule has 0 radical (unpaired) electrons. The molecule has 0 saturated carbocycles.